The molecule has 1 atom stereocenters. The third-order valence-corrected chi connectivity index (χ3v) is 3.42. The van der Waals surface area contributed by atoms with E-state index in [4.69, 9.17) is 14.2 Å². The molecule has 5 nitrogen and oxygen atoms in total. The molecule has 5 heteroatoms. The summed E-state index contributed by atoms with van der Waals surface area (Å²) < 4.78 is 16.4. The van der Waals surface area contributed by atoms with Crippen LogP contribution in [0.15, 0.2) is 18.2 Å². The maximum absolute atomic E-state index is 9.43. The Hall–Kier alpha value is -1.77. The SMILES string of the molecule is N#CC(c1ccc2c(c1)OCCO2)N1CCOCC1. The van der Waals surface area contributed by atoms with Crippen molar-refractivity contribution in [3.05, 3.63) is 23.8 Å². The predicted molar refractivity (Wildman–Crippen MR) is 68.2 cm³/mol. The molecule has 0 amide bonds. The van der Waals surface area contributed by atoms with Crippen molar-refractivity contribution in [2.75, 3.05) is 39.5 Å². The van der Waals surface area contributed by atoms with Crippen LogP contribution in [0.1, 0.15) is 11.6 Å². The molecule has 0 spiro atoms. The van der Waals surface area contributed by atoms with E-state index in [-0.39, 0.29) is 6.04 Å². The molecule has 0 aliphatic carbocycles. The molecule has 0 radical (unpaired) electrons. The van der Waals surface area contributed by atoms with E-state index in [0.717, 1.165) is 30.2 Å². The van der Waals surface area contributed by atoms with Gasteiger partial charge in [-0.1, -0.05) is 6.07 Å². The average molecular weight is 260 g/mol. The van der Waals surface area contributed by atoms with Gasteiger partial charge in [-0.25, -0.2) is 0 Å². The number of ether oxygens (including phenoxy) is 3. The van der Waals surface area contributed by atoms with Gasteiger partial charge < -0.3 is 14.2 Å². The lowest BCUT2D eigenvalue weighted by molar-refractivity contribution is 0.0265. The van der Waals surface area contributed by atoms with E-state index in [9.17, 15) is 5.26 Å². The summed E-state index contributed by atoms with van der Waals surface area (Å²) in [6.07, 6.45) is 0. The Morgan fingerprint density at radius 2 is 1.79 bits per heavy atom. The van der Waals surface area contributed by atoms with Gasteiger partial charge in [0.15, 0.2) is 11.5 Å². The minimum atomic E-state index is -0.250. The highest BCUT2D eigenvalue weighted by Gasteiger charge is 2.24. The van der Waals surface area contributed by atoms with Crippen molar-refractivity contribution in [2.45, 2.75) is 6.04 Å². The Bertz CT molecular complexity index is 492. The highest BCUT2D eigenvalue weighted by atomic mass is 16.6. The van der Waals surface area contributed by atoms with Crippen molar-refractivity contribution in [1.29, 1.82) is 5.26 Å². The standard InChI is InChI=1S/C14H16N2O3/c15-10-12(16-3-5-17-6-4-16)11-1-2-13-14(9-11)19-8-7-18-13/h1-2,9,12H,3-8H2. The molecular formula is C14H16N2O3. The van der Waals surface area contributed by atoms with Gasteiger partial charge in [0.2, 0.25) is 0 Å². The van der Waals surface area contributed by atoms with E-state index >= 15 is 0 Å². The quantitative estimate of drug-likeness (QED) is 0.803. The molecule has 0 aromatic heterocycles. The minimum absolute atomic E-state index is 0.250. The van der Waals surface area contributed by atoms with Crippen LogP contribution in [0.5, 0.6) is 11.5 Å². The average Bonchev–Trinajstić information content (AvgIpc) is 2.49. The van der Waals surface area contributed by atoms with Crippen LogP contribution in [0.2, 0.25) is 0 Å². The van der Waals surface area contributed by atoms with E-state index in [1.807, 2.05) is 18.2 Å². The van der Waals surface area contributed by atoms with Gasteiger partial charge in [0, 0.05) is 13.1 Å². The second-order valence-electron chi connectivity index (χ2n) is 4.58. The highest BCUT2D eigenvalue weighted by Crippen LogP contribution is 2.34. The molecule has 1 fully saturated rings. The van der Waals surface area contributed by atoms with Crippen molar-refractivity contribution in [3.8, 4) is 17.6 Å². The van der Waals surface area contributed by atoms with Crippen molar-refractivity contribution in [1.82, 2.24) is 4.90 Å². The van der Waals surface area contributed by atoms with Crippen LogP contribution in [-0.2, 0) is 4.74 Å². The summed E-state index contributed by atoms with van der Waals surface area (Å²) in [5, 5.41) is 9.43. The van der Waals surface area contributed by atoms with Crippen LogP contribution in [0.25, 0.3) is 0 Å². The molecular weight excluding hydrogens is 244 g/mol. The summed E-state index contributed by atoms with van der Waals surface area (Å²) in [6.45, 7) is 4.08. The fourth-order valence-electron chi connectivity index (χ4n) is 2.43. The van der Waals surface area contributed by atoms with Crippen LogP contribution in [0.3, 0.4) is 0 Å². The summed E-state index contributed by atoms with van der Waals surface area (Å²) in [5.41, 5.74) is 0.952. The van der Waals surface area contributed by atoms with Gasteiger partial charge in [-0.05, 0) is 17.7 Å². The van der Waals surface area contributed by atoms with Crippen molar-refractivity contribution < 1.29 is 14.2 Å². The molecule has 19 heavy (non-hydrogen) atoms. The lowest BCUT2D eigenvalue weighted by atomic mass is 10.1. The molecule has 2 aliphatic heterocycles. The van der Waals surface area contributed by atoms with Crippen LogP contribution in [0.4, 0.5) is 0 Å². The smallest absolute Gasteiger partial charge is 0.161 e. The first-order valence-electron chi connectivity index (χ1n) is 6.49. The summed E-state index contributed by atoms with van der Waals surface area (Å²) in [6, 6.07) is 7.86. The molecule has 0 saturated carbocycles. The minimum Gasteiger partial charge on any atom is -0.486 e. The van der Waals surface area contributed by atoms with Gasteiger partial charge in [-0.15, -0.1) is 0 Å². The normalized spacial score (nSPS) is 20.6. The molecule has 3 rings (SSSR count). The van der Waals surface area contributed by atoms with E-state index in [1.165, 1.54) is 0 Å². The summed E-state index contributed by atoms with van der Waals surface area (Å²) in [4.78, 5) is 2.13. The molecule has 0 N–H and O–H groups in total. The number of morpholine rings is 1. The van der Waals surface area contributed by atoms with Crippen molar-refractivity contribution >= 4 is 0 Å². The lowest BCUT2D eigenvalue weighted by Gasteiger charge is -2.31. The number of rotatable bonds is 2. The fourth-order valence-corrected chi connectivity index (χ4v) is 2.43. The van der Waals surface area contributed by atoms with Crippen LogP contribution < -0.4 is 9.47 Å². The zero-order chi connectivity index (χ0) is 13.1. The third kappa shape index (κ3) is 2.50. The second kappa shape index (κ2) is 5.47. The number of nitrogens with zero attached hydrogens (tertiary/aromatic N) is 2. The number of hydrogen-bond donors (Lipinski definition) is 0. The molecule has 1 aromatic rings. The molecule has 2 heterocycles. The Morgan fingerprint density at radius 3 is 2.53 bits per heavy atom. The Balaban J connectivity index is 1.84. The maximum atomic E-state index is 9.43. The Morgan fingerprint density at radius 1 is 1.05 bits per heavy atom. The zero-order valence-corrected chi connectivity index (χ0v) is 10.7. The number of hydrogen-bond acceptors (Lipinski definition) is 5. The van der Waals surface area contributed by atoms with E-state index < -0.39 is 0 Å². The summed E-state index contributed by atoms with van der Waals surface area (Å²) in [5.74, 6) is 1.49. The fraction of sp³-hybridized carbons (Fsp3) is 0.500. The molecule has 1 aromatic carbocycles. The number of fused-ring (bicyclic) bond motifs is 1. The van der Waals surface area contributed by atoms with Gasteiger partial charge in [0.25, 0.3) is 0 Å². The van der Waals surface area contributed by atoms with Gasteiger partial charge in [-0.3, -0.25) is 4.90 Å². The number of nitriles is 1. The highest BCUT2D eigenvalue weighted by molar-refractivity contribution is 5.45. The monoisotopic (exact) mass is 260 g/mol. The first-order valence-corrected chi connectivity index (χ1v) is 6.49. The van der Waals surface area contributed by atoms with Gasteiger partial charge in [0.05, 0.1) is 19.3 Å². The first kappa shape index (κ1) is 12.3. The van der Waals surface area contributed by atoms with Crippen molar-refractivity contribution in [3.63, 3.8) is 0 Å². The van der Waals surface area contributed by atoms with Crippen LogP contribution in [-0.4, -0.2) is 44.4 Å². The summed E-state index contributed by atoms with van der Waals surface area (Å²) >= 11 is 0. The maximum Gasteiger partial charge on any atom is 0.161 e. The molecule has 2 aliphatic rings. The Labute approximate surface area is 112 Å². The van der Waals surface area contributed by atoms with Crippen LogP contribution >= 0.6 is 0 Å². The summed E-state index contributed by atoms with van der Waals surface area (Å²) in [7, 11) is 0. The van der Waals surface area contributed by atoms with Crippen molar-refractivity contribution in [2.24, 2.45) is 0 Å². The van der Waals surface area contributed by atoms with E-state index in [2.05, 4.69) is 11.0 Å². The molecule has 1 saturated heterocycles. The van der Waals surface area contributed by atoms with Gasteiger partial charge in [0.1, 0.15) is 19.3 Å². The topological polar surface area (TPSA) is 54.7 Å². The van der Waals surface area contributed by atoms with Crippen LogP contribution in [0, 0.1) is 11.3 Å². The van der Waals surface area contributed by atoms with Gasteiger partial charge in [-0.2, -0.15) is 5.26 Å². The zero-order valence-electron chi connectivity index (χ0n) is 10.7. The van der Waals surface area contributed by atoms with Gasteiger partial charge >= 0.3 is 0 Å². The number of benzene rings is 1. The van der Waals surface area contributed by atoms with E-state index in [0.29, 0.717) is 26.4 Å². The Kier molecular flexibility index (Phi) is 3.53. The van der Waals surface area contributed by atoms with E-state index in [1.54, 1.807) is 0 Å². The first-order chi connectivity index (χ1) is 9.38. The molecule has 100 valence electrons. The second-order valence-corrected chi connectivity index (χ2v) is 4.58. The lowest BCUT2D eigenvalue weighted by Crippen LogP contribution is -2.38. The predicted octanol–water partition coefficient (Wildman–Crippen LogP) is 1.35. The third-order valence-electron chi connectivity index (χ3n) is 3.42. The molecule has 1 unspecified atom stereocenters. The largest absolute Gasteiger partial charge is 0.486 e. The molecule has 0 bridgehead atoms.